The number of carbonyl (C=O) groups excluding carboxylic acids is 1. The molecule has 0 radical (unpaired) electrons. The molecular weight excluding hydrogens is 292 g/mol. The highest BCUT2D eigenvalue weighted by atomic mass is 16.5. The minimum atomic E-state index is -0.00922. The van der Waals surface area contributed by atoms with Crippen LogP contribution in [-0.2, 0) is 4.79 Å². The highest BCUT2D eigenvalue weighted by Gasteiger charge is 2.28. The number of hydrogen-bond donors (Lipinski definition) is 2. The predicted octanol–water partition coefficient (Wildman–Crippen LogP) is 1.73. The largest absolute Gasteiger partial charge is 0.492 e. The van der Waals surface area contributed by atoms with Crippen LogP contribution in [-0.4, -0.2) is 54.3 Å². The van der Waals surface area contributed by atoms with Crippen molar-refractivity contribution in [1.82, 2.24) is 10.2 Å². The summed E-state index contributed by atoms with van der Waals surface area (Å²) in [4.78, 5) is 14.2. The maximum absolute atomic E-state index is 12.1. The number of aryl methyl sites for hydroxylation is 1. The van der Waals surface area contributed by atoms with Crippen LogP contribution < -0.4 is 10.1 Å². The maximum atomic E-state index is 12.1. The second kappa shape index (κ2) is 8.89. The molecule has 0 aliphatic carbocycles. The molecule has 1 aliphatic rings. The summed E-state index contributed by atoms with van der Waals surface area (Å²) in [5, 5.41) is 12.4. The van der Waals surface area contributed by atoms with E-state index in [0.717, 1.165) is 30.6 Å². The number of benzene rings is 1. The van der Waals surface area contributed by atoms with E-state index in [1.54, 1.807) is 0 Å². The van der Waals surface area contributed by atoms with Crippen LogP contribution in [0, 0.1) is 6.92 Å². The lowest BCUT2D eigenvalue weighted by atomic mass is 9.97. The molecule has 0 bridgehead atoms. The van der Waals surface area contributed by atoms with Crippen molar-refractivity contribution in [3.8, 4) is 5.75 Å². The highest BCUT2D eigenvalue weighted by molar-refractivity contribution is 5.78. The summed E-state index contributed by atoms with van der Waals surface area (Å²) in [5.41, 5.74) is 1.15. The summed E-state index contributed by atoms with van der Waals surface area (Å²) in [6.45, 7) is 5.54. The van der Waals surface area contributed by atoms with Gasteiger partial charge in [-0.3, -0.25) is 9.69 Å². The molecule has 1 saturated heterocycles. The Morgan fingerprint density at radius 3 is 3.00 bits per heavy atom. The van der Waals surface area contributed by atoms with E-state index in [-0.39, 0.29) is 18.6 Å². The molecule has 1 heterocycles. The molecule has 2 unspecified atom stereocenters. The number of ether oxygens (including phenoxy) is 1. The Balaban J connectivity index is 1.70. The van der Waals surface area contributed by atoms with Crippen molar-refractivity contribution in [2.75, 3.05) is 26.3 Å². The van der Waals surface area contributed by atoms with Gasteiger partial charge >= 0.3 is 0 Å². The fourth-order valence-corrected chi connectivity index (χ4v) is 3.11. The highest BCUT2D eigenvalue weighted by Crippen LogP contribution is 2.21. The first kappa shape index (κ1) is 17.8. The Hall–Kier alpha value is -1.59. The fraction of sp³-hybridized carbons (Fsp3) is 0.611. The first-order valence-corrected chi connectivity index (χ1v) is 8.43. The van der Waals surface area contributed by atoms with Crippen LogP contribution in [0.5, 0.6) is 5.75 Å². The van der Waals surface area contributed by atoms with Crippen molar-refractivity contribution in [3.05, 3.63) is 29.8 Å². The van der Waals surface area contributed by atoms with Gasteiger partial charge in [-0.2, -0.15) is 0 Å². The van der Waals surface area contributed by atoms with Crippen LogP contribution >= 0.6 is 0 Å². The Bertz CT molecular complexity index is 507. The number of rotatable bonds is 7. The molecule has 0 saturated carbocycles. The Labute approximate surface area is 138 Å². The Kier molecular flexibility index (Phi) is 6.86. The molecule has 1 fully saturated rings. The van der Waals surface area contributed by atoms with Gasteiger partial charge in [0.1, 0.15) is 12.4 Å². The average Bonchev–Trinajstić information content (AvgIpc) is 2.53. The SMILES string of the molecule is Cc1cccc(OCCNC(=O)CN2C(C)CCCC2CO)c1. The van der Waals surface area contributed by atoms with Crippen molar-refractivity contribution in [2.45, 2.75) is 45.2 Å². The van der Waals surface area contributed by atoms with Gasteiger partial charge in [-0.1, -0.05) is 18.6 Å². The van der Waals surface area contributed by atoms with E-state index in [9.17, 15) is 9.90 Å². The summed E-state index contributed by atoms with van der Waals surface area (Å²) >= 11 is 0. The van der Waals surface area contributed by atoms with Crippen LogP contribution in [0.4, 0.5) is 0 Å². The summed E-state index contributed by atoms with van der Waals surface area (Å²) in [5.74, 6) is 0.814. The van der Waals surface area contributed by atoms with Crippen molar-refractivity contribution < 1.29 is 14.6 Å². The van der Waals surface area contributed by atoms with Gasteiger partial charge in [-0.05, 0) is 44.4 Å². The number of nitrogens with zero attached hydrogens (tertiary/aromatic N) is 1. The van der Waals surface area contributed by atoms with E-state index >= 15 is 0 Å². The van der Waals surface area contributed by atoms with Gasteiger partial charge < -0.3 is 15.2 Å². The van der Waals surface area contributed by atoms with Crippen LogP contribution in [0.1, 0.15) is 31.7 Å². The van der Waals surface area contributed by atoms with E-state index < -0.39 is 0 Å². The van der Waals surface area contributed by atoms with Crippen LogP contribution in [0.15, 0.2) is 24.3 Å². The number of nitrogens with one attached hydrogen (secondary N) is 1. The molecule has 1 aromatic carbocycles. The van der Waals surface area contributed by atoms with Crippen molar-refractivity contribution >= 4 is 5.91 Å². The zero-order chi connectivity index (χ0) is 16.7. The maximum Gasteiger partial charge on any atom is 0.234 e. The molecule has 0 spiro atoms. The van der Waals surface area contributed by atoms with Crippen LogP contribution in [0.25, 0.3) is 0 Å². The van der Waals surface area contributed by atoms with E-state index in [2.05, 4.69) is 17.1 Å². The van der Waals surface area contributed by atoms with E-state index in [1.807, 2.05) is 31.2 Å². The second-order valence-corrected chi connectivity index (χ2v) is 6.30. The fourth-order valence-electron chi connectivity index (χ4n) is 3.11. The van der Waals surface area contributed by atoms with E-state index in [0.29, 0.717) is 25.7 Å². The van der Waals surface area contributed by atoms with Gasteiger partial charge in [0.25, 0.3) is 0 Å². The Morgan fingerprint density at radius 2 is 2.26 bits per heavy atom. The van der Waals surface area contributed by atoms with Gasteiger partial charge in [0.05, 0.1) is 19.7 Å². The first-order valence-electron chi connectivity index (χ1n) is 8.43. The summed E-state index contributed by atoms with van der Waals surface area (Å²) in [6, 6.07) is 8.31. The third-order valence-electron chi connectivity index (χ3n) is 4.41. The van der Waals surface area contributed by atoms with Gasteiger partial charge in [-0.25, -0.2) is 0 Å². The quantitative estimate of drug-likeness (QED) is 0.751. The van der Waals surface area contributed by atoms with Crippen molar-refractivity contribution in [3.63, 3.8) is 0 Å². The molecule has 1 aromatic rings. The standard InChI is InChI=1S/C18H28N2O3/c1-14-5-3-8-17(11-14)23-10-9-19-18(22)12-20-15(2)6-4-7-16(20)13-21/h3,5,8,11,15-16,21H,4,6-7,9-10,12-13H2,1-2H3,(H,19,22). The number of amides is 1. The number of likely N-dealkylation sites (tertiary alicyclic amines) is 1. The van der Waals surface area contributed by atoms with Gasteiger partial charge in [0.15, 0.2) is 0 Å². The predicted molar refractivity (Wildman–Crippen MR) is 90.6 cm³/mol. The molecule has 128 valence electrons. The minimum absolute atomic E-state index is 0.00922. The summed E-state index contributed by atoms with van der Waals surface area (Å²) in [6.07, 6.45) is 3.17. The molecule has 2 rings (SSSR count). The zero-order valence-electron chi connectivity index (χ0n) is 14.1. The summed E-state index contributed by atoms with van der Waals surface area (Å²) < 4.78 is 5.62. The molecule has 5 nitrogen and oxygen atoms in total. The first-order chi connectivity index (χ1) is 11.1. The smallest absolute Gasteiger partial charge is 0.234 e. The van der Waals surface area contributed by atoms with Gasteiger partial charge in [-0.15, -0.1) is 0 Å². The molecule has 2 N–H and O–H groups in total. The number of aliphatic hydroxyl groups excluding tert-OH is 1. The second-order valence-electron chi connectivity index (χ2n) is 6.30. The molecule has 23 heavy (non-hydrogen) atoms. The lowest BCUT2D eigenvalue weighted by molar-refractivity contribution is -0.124. The normalized spacial score (nSPS) is 21.9. The number of hydrogen-bond acceptors (Lipinski definition) is 4. The molecule has 1 amide bonds. The molecule has 2 atom stereocenters. The molecule has 1 aliphatic heterocycles. The monoisotopic (exact) mass is 320 g/mol. The zero-order valence-corrected chi connectivity index (χ0v) is 14.1. The Morgan fingerprint density at radius 1 is 1.43 bits per heavy atom. The third-order valence-corrected chi connectivity index (χ3v) is 4.41. The number of carbonyl (C=O) groups is 1. The van der Waals surface area contributed by atoms with E-state index in [4.69, 9.17) is 4.74 Å². The number of piperidine rings is 1. The minimum Gasteiger partial charge on any atom is -0.492 e. The van der Waals surface area contributed by atoms with Gasteiger partial charge in [0, 0.05) is 12.1 Å². The molecule has 5 heteroatoms. The lowest BCUT2D eigenvalue weighted by Crippen LogP contribution is -2.51. The van der Waals surface area contributed by atoms with Crippen LogP contribution in [0.2, 0.25) is 0 Å². The van der Waals surface area contributed by atoms with Crippen molar-refractivity contribution in [1.29, 1.82) is 0 Å². The topological polar surface area (TPSA) is 61.8 Å². The lowest BCUT2D eigenvalue weighted by Gasteiger charge is -2.39. The van der Waals surface area contributed by atoms with Crippen molar-refractivity contribution in [2.24, 2.45) is 0 Å². The third kappa shape index (κ3) is 5.52. The summed E-state index contributed by atoms with van der Waals surface area (Å²) in [7, 11) is 0. The molecule has 0 aromatic heterocycles. The average molecular weight is 320 g/mol. The van der Waals surface area contributed by atoms with Gasteiger partial charge in [0.2, 0.25) is 5.91 Å². The van der Waals surface area contributed by atoms with E-state index in [1.165, 1.54) is 0 Å². The molecular formula is C18H28N2O3. The van der Waals surface area contributed by atoms with Crippen LogP contribution in [0.3, 0.4) is 0 Å². The number of aliphatic hydroxyl groups is 1.